The van der Waals surface area contributed by atoms with E-state index in [0.29, 0.717) is 6.42 Å². The fourth-order valence-corrected chi connectivity index (χ4v) is 4.95. The highest BCUT2D eigenvalue weighted by Gasteiger charge is 2.52. The summed E-state index contributed by atoms with van der Waals surface area (Å²) in [5, 5.41) is 24.8. The van der Waals surface area contributed by atoms with Crippen molar-refractivity contribution in [2.24, 2.45) is 5.41 Å². The predicted molar refractivity (Wildman–Crippen MR) is 101 cm³/mol. The highest BCUT2D eigenvalue weighted by molar-refractivity contribution is 5.83. The molecule has 4 aliphatic rings. The average Bonchev–Trinajstić information content (AvgIpc) is 3.12. The Morgan fingerprint density at radius 2 is 1.93 bits per heavy atom. The van der Waals surface area contributed by atoms with Gasteiger partial charge in [-0.25, -0.2) is 4.39 Å². The molecule has 3 aliphatic carbocycles. The summed E-state index contributed by atoms with van der Waals surface area (Å²) in [6, 6.07) is 1.14. The van der Waals surface area contributed by atoms with E-state index in [4.69, 9.17) is 5.26 Å². The van der Waals surface area contributed by atoms with Crippen molar-refractivity contribution < 1.29 is 19.1 Å². The van der Waals surface area contributed by atoms with Crippen molar-refractivity contribution in [3.8, 4) is 6.07 Å². The molecule has 1 aliphatic heterocycles. The van der Waals surface area contributed by atoms with Gasteiger partial charge >= 0.3 is 0 Å². The number of fused-ring (bicyclic) bond motifs is 3. The first-order valence-corrected chi connectivity index (χ1v) is 10.4. The van der Waals surface area contributed by atoms with Crippen LogP contribution in [-0.4, -0.2) is 65.3 Å². The Bertz CT molecular complexity index is 621. The topological polar surface area (TPSA) is 105 Å². The van der Waals surface area contributed by atoms with Crippen molar-refractivity contribution in [3.05, 3.63) is 0 Å². The maximum atomic E-state index is 13.6. The Kier molecular flexibility index (Phi) is 6.25. The molecule has 0 spiro atoms. The number of likely N-dealkylation sites (tertiary alicyclic amines) is 1. The number of carbonyl (C=O) groups is 2. The molecule has 4 fully saturated rings. The van der Waals surface area contributed by atoms with Gasteiger partial charge in [0.05, 0.1) is 31.8 Å². The second-order valence-electron chi connectivity index (χ2n) is 8.70. The summed E-state index contributed by atoms with van der Waals surface area (Å²) in [5.74, 6) is -0.185. The predicted octanol–water partition coefficient (Wildman–Crippen LogP) is 1.02. The molecule has 2 amide bonds. The second-order valence-corrected chi connectivity index (χ2v) is 8.70. The summed E-state index contributed by atoms with van der Waals surface area (Å²) in [4.78, 5) is 26.6. The molecular weight excluding hydrogens is 363 g/mol. The van der Waals surface area contributed by atoms with Gasteiger partial charge in [0.1, 0.15) is 12.2 Å². The summed E-state index contributed by atoms with van der Waals surface area (Å²) in [6.07, 6.45) is 4.41. The number of aliphatic hydroxyl groups is 1. The van der Waals surface area contributed by atoms with Gasteiger partial charge in [-0.1, -0.05) is 6.92 Å². The van der Waals surface area contributed by atoms with Crippen LogP contribution in [0, 0.1) is 16.7 Å². The van der Waals surface area contributed by atoms with Crippen LogP contribution in [0.5, 0.6) is 0 Å². The van der Waals surface area contributed by atoms with Gasteiger partial charge in [0, 0.05) is 17.4 Å². The number of aliphatic hydroxyl groups excluding tert-OH is 1. The Morgan fingerprint density at radius 1 is 1.29 bits per heavy atom. The Hall–Kier alpha value is -1.72. The zero-order valence-corrected chi connectivity index (χ0v) is 16.5. The highest BCUT2D eigenvalue weighted by Crippen LogP contribution is 2.52. The number of alkyl halides is 1. The Labute approximate surface area is 165 Å². The lowest BCUT2D eigenvalue weighted by molar-refractivity contribution is -0.140. The van der Waals surface area contributed by atoms with Crippen LogP contribution in [0.3, 0.4) is 0 Å². The van der Waals surface area contributed by atoms with Crippen LogP contribution in [0.25, 0.3) is 0 Å². The summed E-state index contributed by atoms with van der Waals surface area (Å²) < 4.78 is 13.6. The molecule has 4 rings (SSSR count). The van der Waals surface area contributed by atoms with Crippen LogP contribution in [0.4, 0.5) is 4.39 Å². The number of hydrogen-bond acceptors (Lipinski definition) is 5. The zero-order valence-electron chi connectivity index (χ0n) is 16.5. The fraction of sp³-hybridized carbons (Fsp3) is 0.850. The summed E-state index contributed by atoms with van der Waals surface area (Å²) in [5.41, 5.74) is -0.520. The lowest BCUT2D eigenvalue weighted by Gasteiger charge is -2.53. The third kappa shape index (κ3) is 4.01. The minimum atomic E-state index is -1.12. The monoisotopic (exact) mass is 394 g/mol. The minimum absolute atomic E-state index is 0.00151. The molecule has 3 N–H and O–H groups in total. The molecule has 0 aromatic heterocycles. The van der Waals surface area contributed by atoms with Gasteiger partial charge in [-0.3, -0.25) is 9.59 Å². The van der Waals surface area contributed by atoms with Crippen LogP contribution in [0.1, 0.15) is 58.3 Å². The number of rotatable bonds is 7. The third-order valence-corrected chi connectivity index (χ3v) is 7.11. The molecule has 0 aromatic carbocycles. The minimum Gasteiger partial charge on any atom is -0.394 e. The van der Waals surface area contributed by atoms with Crippen LogP contribution in [0.2, 0.25) is 0 Å². The van der Waals surface area contributed by atoms with Gasteiger partial charge in [-0.15, -0.1) is 0 Å². The van der Waals surface area contributed by atoms with Crippen molar-refractivity contribution >= 4 is 11.8 Å². The number of carbonyl (C=O) groups excluding carboxylic acids is 2. The molecular formula is C20H31FN4O3. The van der Waals surface area contributed by atoms with Gasteiger partial charge in [-0.2, -0.15) is 5.26 Å². The maximum Gasteiger partial charge on any atom is 0.237 e. The molecule has 0 unspecified atom stereocenters. The van der Waals surface area contributed by atoms with E-state index in [9.17, 15) is 19.1 Å². The number of nitrogens with one attached hydrogen (secondary N) is 2. The van der Waals surface area contributed by atoms with Crippen LogP contribution >= 0.6 is 0 Å². The first kappa shape index (κ1) is 21.0. The normalized spacial score (nSPS) is 35.4. The van der Waals surface area contributed by atoms with Crippen LogP contribution < -0.4 is 10.6 Å². The van der Waals surface area contributed by atoms with Gasteiger partial charge in [0.15, 0.2) is 0 Å². The maximum absolute atomic E-state index is 13.6. The molecule has 7 nitrogen and oxygen atoms in total. The van der Waals surface area contributed by atoms with Crippen molar-refractivity contribution in [2.75, 3.05) is 19.7 Å². The number of nitriles is 1. The van der Waals surface area contributed by atoms with Gasteiger partial charge in [0.25, 0.3) is 0 Å². The first-order valence-electron chi connectivity index (χ1n) is 10.4. The van der Waals surface area contributed by atoms with Crippen molar-refractivity contribution in [2.45, 2.75) is 82.1 Å². The van der Waals surface area contributed by atoms with Gasteiger partial charge < -0.3 is 20.6 Å². The molecule has 1 saturated heterocycles. The van der Waals surface area contributed by atoms with E-state index in [2.05, 4.69) is 10.6 Å². The molecule has 3 saturated carbocycles. The van der Waals surface area contributed by atoms with Crippen LogP contribution in [-0.2, 0) is 9.59 Å². The smallest absolute Gasteiger partial charge is 0.237 e. The lowest BCUT2D eigenvalue weighted by Crippen LogP contribution is -2.60. The second kappa shape index (κ2) is 8.34. The lowest BCUT2D eigenvalue weighted by atomic mass is 9.57. The molecule has 2 bridgehead atoms. The summed E-state index contributed by atoms with van der Waals surface area (Å²) >= 11 is 0. The summed E-state index contributed by atoms with van der Waals surface area (Å²) in [7, 11) is 0. The number of nitrogens with zero attached hydrogens (tertiary/aromatic N) is 2. The van der Waals surface area contributed by atoms with Crippen molar-refractivity contribution in [1.82, 2.24) is 15.5 Å². The Balaban J connectivity index is 1.53. The van der Waals surface area contributed by atoms with E-state index in [1.54, 1.807) is 0 Å². The Morgan fingerprint density at radius 3 is 2.46 bits per heavy atom. The fourth-order valence-electron chi connectivity index (χ4n) is 4.95. The van der Waals surface area contributed by atoms with Gasteiger partial charge in [0.2, 0.25) is 11.8 Å². The SMILES string of the molecule is CC[C@H](CO)NC(=O)C12CCC(NCC(=O)N3C[C@@H](F)C[C@H]3C#N)(CC1)CC2. The van der Waals surface area contributed by atoms with E-state index in [1.165, 1.54) is 4.90 Å². The van der Waals surface area contributed by atoms with E-state index >= 15 is 0 Å². The molecule has 156 valence electrons. The van der Waals surface area contributed by atoms with Crippen LogP contribution in [0.15, 0.2) is 0 Å². The van der Waals surface area contributed by atoms with E-state index in [-0.39, 0.29) is 54.9 Å². The standard InChI is InChI=1S/C20H31FN4O3/c1-2-15(13-26)24-18(28)19-3-6-20(7-4-19,8-5-19)23-11-17(27)25-12-14(21)9-16(25)10-22/h14-16,23,26H,2-9,11-13H2,1H3,(H,24,28)/t14-,15+,16-,19?,20?/m0/s1. The van der Waals surface area contributed by atoms with E-state index < -0.39 is 12.2 Å². The highest BCUT2D eigenvalue weighted by atomic mass is 19.1. The number of halogens is 1. The first-order chi connectivity index (χ1) is 13.4. The molecule has 0 aromatic rings. The number of amides is 2. The summed E-state index contributed by atoms with van der Waals surface area (Å²) in [6.45, 7) is 1.99. The molecule has 8 heteroatoms. The van der Waals surface area contributed by atoms with Crippen molar-refractivity contribution in [1.29, 1.82) is 5.26 Å². The van der Waals surface area contributed by atoms with E-state index in [1.807, 2.05) is 13.0 Å². The largest absolute Gasteiger partial charge is 0.394 e. The molecule has 0 radical (unpaired) electrons. The van der Waals surface area contributed by atoms with Crippen molar-refractivity contribution in [3.63, 3.8) is 0 Å². The molecule has 3 atom stereocenters. The number of hydrogen-bond donors (Lipinski definition) is 3. The molecule has 28 heavy (non-hydrogen) atoms. The molecule has 1 heterocycles. The average molecular weight is 394 g/mol. The quantitative estimate of drug-likeness (QED) is 0.598. The zero-order chi connectivity index (χ0) is 20.4. The van der Waals surface area contributed by atoms with Gasteiger partial charge in [-0.05, 0) is 44.9 Å². The van der Waals surface area contributed by atoms with E-state index in [0.717, 1.165) is 38.5 Å². The third-order valence-electron chi connectivity index (χ3n) is 7.11.